The second-order valence-electron chi connectivity index (χ2n) is 5.21. The second-order valence-corrected chi connectivity index (χ2v) is 6.91. The Bertz CT molecular complexity index is 655. The minimum Gasteiger partial charge on any atom is -0.396 e. The lowest BCUT2D eigenvalue weighted by Crippen LogP contribution is -2.30. The Kier molecular flexibility index (Phi) is 5.43. The number of aliphatic hydroxyl groups is 1. The molecule has 0 heterocycles. The molecule has 1 unspecified atom stereocenters. The van der Waals surface area contributed by atoms with Crippen LogP contribution in [0, 0.1) is 36.8 Å². The third-order valence-electron chi connectivity index (χ3n) is 3.25. The monoisotopic (exact) mass is 316 g/mol. The number of hydrogen-bond donors (Lipinski definition) is 2. The van der Waals surface area contributed by atoms with Crippen molar-refractivity contribution in [3.05, 3.63) is 32.9 Å². The molecule has 0 bridgehead atoms. The van der Waals surface area contributed by atoms with Crippen molar-refractivity contribution in [2.45, 2.75) is 32.6 Å². The third-order valence-corrected chi connectivity index (χ3v) is 4.96. The van der Waals surface area contributed by atoms with Crippen LogP contribution in [-0.4, -0.2) is 31.6 Å². The molecule has 1 rings (SSSR count). The quantitative estimate of drug-likeness (QED) is 0.609. The summed E-state index contributed by atoms with van der Waals surface area (Å²) < 4.78 is 27.1. The Balaban J connectivity index is 3.36. The standard InChI is InChI=1S/C13H20N2O5S/c1-8(7-16)6-14-21(19,20)13-10(3)5-9(2)12(11(13)4)15(17)18/h5,8,14,16H,6-7H2,1-4H3. The van der Waals surface area contributed by atoms with Crippen molar-refractivity contribution in [1.29, 1.82) is 0 Å². The molecule has 0 radical (unpaired) electrons. The maximum atomic E-state index is 12.4. The zero-order valence-electron chi connectivity index (χ0n) is 12.5. The van der Waals surface area contributed by atoms with Gasteiger partial charge < -0.3 is 5.11 Å². The predicted molar refractivity (Wildman–Crippen MR) is 78.7 cm³/mol. The van der Waals surface area contributed by atoms with Crippen LogP contribution in [0.1, 0.15) is 23.6 Å². The minimum absolute atomic E-state index is 0.0649. The third kappa shape index (κ3) is 3.78. The number of nitro groups is 1. The van der Waals surface area contributed by atoms with E-state index in [1.165, 1.54) is 13.0 Å². The summed E-state index contributed by atoms with van der Waals surface area (Å²) in [5, 5.41) is 20.0. The average Bonchev–Trinajstić information content (AvgIpc) is 2.34. The van der Waals surface area contributed by atoms with Gasteiger partial charge in [0.2, 0.25) is 10.0 Å². The molecule has 21 heavy (non-hydrogen) atoms. The molecular formula is C13H20N2O5S. The van der Waals surface area contributed by atoms with Crippen LogP contribution in [0.4, 0.5) is 5.69 Å². The molecule has 1 aromatic rings. The Hall–Kier alpha value is -1.51. The Labute approximate surface area is 124 Å². The van der Waals surface area contributed by atoms with Gasteiger partial charge in [-0.1, -0.05) is 6.92 Å². The van der Waals surface area contributed by atoms with E-state index in [2.05, 4.69) is 4.72 Å². The molecule has 0 amide bonds. The maximum absolute atomic E-state index is 12.4. The van der Waals surface area contributed by atoms with E-state index in [9.17, 15) is 18.5 Å². The number of nitrogens with zero attached hydrogens (tertiary/aromatic N) is 1. The van der Waals surface area contributed by atoms with E-state index >= 15 is 0 Å². The van der Waals surface area contributed by atoms with Crippen LogP contribution in [-0.2, 0) is 10.0 Å². The number of nitro benzene ring substituents is 1. The highest BCUT2D eigenvalue weighted by Crippen LogP contribution is 2.31. The van der Waals surface area contributed by atoms with Crippen molar-refractivity contribution in [3.63, 3.8) is 0 Å². The highest BCUT2D eigenvalue weighted by molar-refractivity contribution is 7.89. The van der Waals surface area contributed by atoms with Crippen LogP contribution in [0.5, 0.6) is 0 Å². The van der Waals surface area contributed by atoms with Crippen molar-refractivity contribution < 1.29 is 18.4 Å². The SMILES string of the molecule is Cc1cc(C)c(S(=O)(=O)NCC(C)CO)c(C)c1[N+](=O)[O-]. The maximum Gasteiger partial charge on any atom is 0.276 e. The molecule has 2 N–H and O–H groups in total. The molecule has 0 saturated carbocycles. The van der Waals surface area contributed by atoms with Gasteiger partial charge in [0.05, 0.1) is 9.82 Å². The highest BCUT2D eigenvalue weighted by Gasteiger charge is 2.27. The highest BCUT2D eigenvalue weighted by atomic mass is 32.2. The number of aryl methyl sites for hydroxylation is 2. The summed E-state index contributed by atoms with van der Waals surface area (Å²) in [6.45, 7) is 6.24. The molecule has 0 aliphatic carbocycles. The predicted octanol–water partition coefficient (Wildman–Crippen LogP) is 1.43. The topological polar surface area (TPSA) is 110 Å². The zero-order chi connectivity index (χ0) is 16.4. The molecule has 0 aliphatic rings. The van der Waals surface area contributed by atoms with Gasteiger partial charge in [-0.2, -0.15) is 0 Å². The second kappa shape index (κ2) is 6.50. The summed E-state index contributed by atoms with van der Waals surface area (Å²) in [5.74, 6) is -0.235. The summed E-state index contributed by atoms with van der Waals surface area (Å²) >= 11 is 0. The molecular weight excluding hydrogens is 296 g/mol. The molecule has 0 saturated heterocycles. The van der Waals surface area contributed by atoms with Crippen molar-refractivity contribution in [3.8, 4) is 0 Å². The van der Waals surface area contributed by atoms with E-state index in [0.29, 0.717) is 11.1 Å². The van der Waals surface area contributed by atoms with Crippen LogP contribution in [0.2, 0.25) is 0 Å². The fraction of sp³-hybridized carbons (Fsp3) is 0.538. The Morgan fingerprint density at radius 1 is 1.33 bits per heavy atom. The number of benzene rings is 1. The van der Waals surface area contributed by atoms with Gasteiger partial charge in [-0.25, -0.2) is 13.1 Å². The first kappa shape index (κ1) is 17.5. The van der Waals surface area contributed by atoms with Gasteiger partial charge in [0.1, 0.15) is 0 Å². The lowest BCUT2D eigenvalue weighted by Gasteiger charge is -2.15. The largest absolute Gasteiger partial charge is 0.396 e. The summed E-state index contributed by atoms with van der Waals surface area (Å²) in [6.07, 6.45) is 0. The number of sulfonamides is 1. The summed E-state index contributed by atoms with van der Waals surface area (Å²) in [5.41, 5.74) is 0.829. The molecule has 0 fully saturated rings. The van der Waals surface area contributed by atoms with Gasteiger partial charge in [0, 0.05) is 24.3 Å². The van der Waals surface area contributed by atoms with Crippen LogP contribution in [0.15, 0.2) is 11.0 Å². The van der Waals surface area contributed by atoms with Crippen molar-refractivity contribution in [2.24, 2.45) is 5.92 Å². The summed E-state index contributed by atoms with van der Waals surface area (Å²) in [4.78, 5) is 10.5. The van der Waals surface area contributed by atoms with Crippen molar-refractivity contribution >= 4 is 15.7 Å². The molecule has 0 aliphatic heterocycles. The van der Waals surface area contributed by atoms with Gasteiger partial charge in [-0.05, 0) is 38.3 Å². The molecule has 0 aromatic heterocycles. The van der Waals surface area contributed by atoms with Gasteiger partial charge in [-0.15, -0.1) is 0 Å². The van der Waals surface area contributed by atoms with Gasteiger partial charge in [0.25, 0.3) is 5.69 Å². The number of rotatable bonds is 6. The van der Waals surface area contributed by atoms with Crippen LogP contribution >= 0.6 is 0 Å². The number of nitrogens with one attached hydrogen (secondary N) is 1. The summed E-state index contributed by atoms with van der Waals surface area (Å²) in [6, 6.07) is 1.50. The van der Waals surface area contributed by atoms with Crippen LogP contribution < -0.4 is 4.72 Å². The molecule has 7 nitrogen and oxygen atoms in total. The first-order chi connectivity index (χ1) is 9.61. The molecule has 118 valence electrons. The number of hydrogen-bond acceptors (Lipinski definition) is 5. The lowest BCUT2D eigenvalue weighted by molar-refractivity contribution is -0.386. The van der Waals surface area contributed by atoms with E-state index < -0.39 is 14.9 Å². The Morgan fingerprint density at radius 3 is 2.38 bits per heavy atom. The van der Waals surface area contributed by atoms with Crippen molar-refractivity contribution in [1.82, 2.24) is 4.72 Å². The fourth-order valence-corrected chi connectivity index (χ4v) is 3.87. The lowest BCUT2D eigenvalue weighted by atomic mass is 10.1. The number of aliphatic hydroxyl groups excluding tert-OH is 1. The van der Waals surface area contributed by atoms with E-state index in [-0.39, 0.29) is 35.2 Å². The van der Waals surface area contributed by atoms with E-state index in [1.54, 1.807) is 20.8 Å². The fourth-order valence-electron chi connectivity index (χ4n) is 2.24. The first-order valence-electron chi connectivity index (χ1n) is 6.47. The first-order valence-corrected chi connectivity index (χ1v) is 7.95. The van der Waals surface area contributed by atoms with Crippen molar-refractivity contribution in [2.75, 3.05) is 13.2 Å². The minimum atomic E-state index is -3.87. The van der Waals surface area contributed by atoms with E-state index in [0.717, 1.165) is 0 Å². The van der Waals surface area contributed by atoms with E-state index in [1.807, 2.05) is 0 Å². The zero-order valence-corrected chi connectivity index (χ0v) is 13.3. The normalized spacial score (nSPS) is 13.2. The average molecular weight is 316 g/mol. The molecule has 8 heteroatoms. The smallest absolute Gasteiger partial charge is 0.276 e. The van der Waals surface area contributed by atoms with E-state index in [4.69, 9.17) is 5.11 Å². The Morgan fingerprint density at radius 2 is 1.90 bits per heavy atom. The molecule has 1 atom stereocenters. The summed E-state index contributed by atoms with van der Waals surface area (Å²) in [7, 11) is -3.87. The van der Waals surface area contributed by atoms with Gasteiger partial charge >= 0.3 is 0 Å². The van der Waals surface area contributed by atoms with Gasteiger partial charge in [-0.3, -0.25) is 10.1 Å². The van der Waals surface area contributed by atoms with Crippen LogP contribution in [0.3, 0.4) is 0 Å². The molecule has 0 spiro atoms. The van der Waals surface area contributed by atoms with Gasteiger partial charge in [0.15, 0.2) is 0 Å². The molecule has 1 aromatic carbocycles. The van der Waals surface area contributed by atoms with Crippen LogP contribution in [0.25, 0.3) is 0 Å².